The van der Waals surface area contributed by atoms with Crippen LogP contribution in [0.2, 0.25) is 0 Å². The summed E-state index contributed by atoms with van der Waals surface area (Å²) in [6.45, 7) is -3.19. The first-order chi connectivity index (χ1) is 21.8. The Hall–Kier alpha value is -0.840. The molecule has 268 valence electrons. The van der Waals surface area contributed by atoms with Crippen LogP contribution < -0.4 is 5.32 Å². The first kappa shape index (κ1) is 36.4. The van der Waals surface area contributed by atoms with E-state index in [9.17, 15) is 71.5 Å². The molecule has 21 nitrogen and oxygen atoms in total. The maximum atomic E-state index is 11.1. The molecule has 1 saturated carbocycles. The van der Waals surface area contributed by atoms with E-state index in [0.29, 0.717) is 0 Å². The third-order valence-corrected chi connectivity index (χ3v) is 9.38. The lowest BCUT2D eigenvalue weighted by Gasteiger charge is -2.48. The van der Waals surface area contributed by atoms with Crippen molar-refractivity contribution in [2.75, 3.05) is 26.4 Å². The van der Waals surface area contributed by atoms with Crippen molar-refractivity contribution < 1.29 is 99.9 Å². The zero-order valence-corrected chi connectivity index (χ0v) is 24.1. The molecule has 4 aliphatic heterocycles. The summed E-state index contributed by atoms with van der Waals surface area (Å²) in [5.41, 5.74) is -1.74. The largest absolute Gasteiger partial charge is 0.394 e. The van der Waals surface area contributed by atoms with Gasteiger partial charge in [0.2, 0.25) is 0 Å². The summed E-state index contributed by atoms with van der Waals surface area (Å²) in [7, 11) is 0. The molecule has 21 atom stereocenters. The molecule has 0 radical (unpaired) electrons. The van der Waals surface area contributed by atoms with Gasteiger partial charge in [0, 0.05) is 0 Å². The summed E-state index contributed by atoms with van der Waals surface area (Å²) >= 11 is 0. The van der Waals surface area contributed by atoms with Crippen LogP contribution in [-0.2, 0) is 28.4 Å². The van der Waals surface area contributed by atoms with Crippen molar-refractivity contribution >= 4 is 0 Å². The van der Waals surface area contributed by atoms with E-state index in [1.54, 1.807) is 0 Å². The number of rotatable bonds is 10. The molecule has 46 heavy (non-hydrogen) atoms. The van der Waals surface area contributed by atoms with Crippen molar-refractivity contribution in [2.45, 2.75) is 128 Å². The highest BCUT2D eigenvalue weighted by molar-refractivity contribution is 5.22. The van der Waals surface area contributed by atoms with Gasteiger partial charge in [0.05, 0.1) is 38.5 Å². The van der Waals surface area contributed by atoms with E-state index < -0.39 is 155 Å². The highest BCUT2D eigenvalue weighted by atomic mass is 16.7. The second kappa shape index (κ2) is 14.2. The van der Waals surface area contributed by atoms with Gasteiger partial charge in [-0.25, -0.2) is 0 Å². The van der Waals surface area contributed by atoms with Crippen LogP contribution in [0.3, 0.4) is 0 Å². The van der Waals surface area contributed by atoms with Crippen molar-refractivity contribution in [3.63, 3.8) is 0 Å². The number of nitrogens with one attached hydrogen (secondary N) is 1. The van der Waals surface area contributed by atoms with Gasteiger partial charge in [-0.15, -0.1) is 0 Å². The maximum absolute atomic E-state index is 11.1. The lowest BCUT2D eigenvalue weighted by atomic mass is 9.78. The van der Waals surface area contributed by atoms with Crippen molar-refractivity contribution in [3.8, 4) is 0 Å². The number of hydrogen-bond acceptors (Lipinski definition) is 21. The Balaban J connectivity index is 1.28. The fourth-order valence-electron chi connectivity index (χ4n) is 6.61. The van der Waals surface area contributed by atoms with Crippen LogP contribution in [0.1, 0.15) is 0 Å². The molecule has 0 bridgehead atoms. The third-order valence-electron chi connectivity index (χ3n) is 9.38. The first-order valence-electron chi connectivity index (χ1n) is 14.7. The molecule has 4 heterocycles. The summed E-state index contributed by atoms with van der Waals surface area (Å²) in [4.78, 5) is 0. The minimum Gasteiger partial charge on any atom is -0.394 e. The molecule has 5 fully saturated rings. The summed E-state index contributed by atoms with van der Waals surface area (Å²) < 4.78 is 32.8. The molecule has 4 saturated heterocycles. The van der Waals surface area contributed by atoms with Crippen LogP contribution in [0.15, 0.2) is 0 Å². The third kappa shape index (κ3) is 6.21. The van der Waals surface area contributed by atoms with Gasteiger partial charge >= 0.3 is 0 Å². The Morgan fingerprint density at radius 1 is 0.522 bits per heavy atom. The minimum atomic E-state index is -1.92. The number of fused-ring (bicyclic) bond motifs is 1. The number of epoxide rings is 1. The first-order valence-corrected chi connectivity index (χ1v) is 14.7. The molecule has 5 aliphatic rings. The Labute approximate surface area is 260 Å². The number of aliphatic hydroxyl groups is 14. The van der Waals surface area contributed by atoms with E-state index in [-0.39, 0.29) is 0 Å². The molecule has 0 spiro atoms. The quantitative estimate of drug-likeness (QED) is 0.0954. The summed E-state index contributed by atoms with van der Waals surface area (Å²) in [6.07, 6.45) is -30.4. The van der Waals surface area contributed by atoms with Crippen molar-refractivity contribution in [2.24, 2.45) is 0 Å². The predicted octanol–water partition coefficient (Wildman–Crippen LogP) is -10.4. The zero-order chi connectivity index (χ0) is 33.8. The molecular formula is C25H43NO20. The summed E-state index contributed by atoms with van der Waals surface area (Å²) in [5.74, 6) is 0. The molecule has 21 heteroatoms. The fourth-order valence-corrected chi connectivity index (χ4v) is 6.61. The molecule has 1 aliphatic carbocycles. The van der Waals surface area contributed by atoms with Crippen LogP contribution in [0.5, 0.6) is 0 Å². The van der Waals surface area contributed by atoms with Crippen molar-refractivity contribution in [1.82, 2.24) is 5.32 Å². The van der Waals surface area contributed by atoms with Gasteiger partial charge < -0.3 is 105 Å². The average Bonchev–Trinajstić information content (AvgIpc) is 3.79. The maximum Gasteiger partial charge on any atom is 0.187 e. The summed E-state index contributed by atoms with van der Waals surface area (Å²) in [5, 5.41) is 147. The lowest BCUT2D eigenvalue weighted by Crippen LogP contribution is -2.72. The van der Waals surface area contributed by atoms with Gasteiger partial charge in [0.25, 0.3) is 0 Å². The van der Waals surface area contributed by atoms with Gasteiger partial charge in [0.1, 0.15) is 97.2 Å². The van der Waals surface area contributed by atoms with Gasteiger partial charge in [-0.3, -0.25) is 0 Å². The predicted molar refractivity (Wildman–Crippen MR) is 139 cm³/mol. The number of hydrogen-bond donors (Lipinski definition) is 15. The molecule has 0 aromatic rings. The highest BCUT2D eigenvalue weighted by Crippen LogP contribution is 2.50. The molecule has 15 N–H and O–H groups in total. The van der Waals surface area contributed by atoms with Crippen LogP contribution >= 0.6 is 0 Å². The van der Waals surface area contributed by atoms with Crippen LogP contribution in [0, 0.1) is 0 Å². The second-order valence-electron chi connectivity index (χ2n) is 12.1. The van der Waals surface area contributed by atoms with Gasteiger partial charge in [0.15, 0.2) is 18.9 Å². The monoisotopic (exact) mass is 677 g/mol. The van der Waals surface area contributed by atoms with Crippen LogP contribution in [0.4, 0.5) is 0 Å². The Morgan fingerprint density at radius 3 is 1.70 bits per heavy atom. The standard InChI is InChI=1S/C25H43NO20/c27-1-5-8(11(32)17(38)23(42-5)44-19-7(3-29)41-22(40)16(37)14(19)35)26-9-12(33)15(36)21(25(4-30)20(9)46-25)45-24-18(39)13(34)10(31)6(2-28)43-24/h5-24,26-40H,1-4H2. The van der Waals surface area contributed by atoms with Gasteiger partial charge in [-0.1, -0.05) is 0 Å². The number of aliphatic hydroxyl groups excluding tert-OH is 14. The second-order valence-corrected chi connectivity index (χ2v) is 12.1. The van der Waals surface area contributed by atoms with Gasteiger partial charge in [-0.2, -0.15) is 0 Å². The van der Waals surface area contributed by atoms with Crippen LogP contribution in [0.25, 0.3) is 0 Å². The van der Waals surface area contributed by atoms with E-state index in [1.807, 2.05) is 0 Å². The van der Waals surface area contributed by atoms with Crippen molar-refractivity contribution in [3.05, 3.63) is 0 Å². The van der Waals surface area contributed by atoms with E-state index >= 15 is 0 Å². The highest BCUT2D eigenvalue weighted by Gasteiger charge is 2.73. The molecular weight excluding hydrogens is 634 g/mol. The van der Waals surface area contributed by atoms with E-state index in [0.717, 1.165) is 0 Å². The molecule has 0 aromatic heterocycles. The lowest BCUT2D eigenvalue weighted by molar-refractivity contribution is -0.348. The van der Waals surface area contributed by atoms with Crippen LogP contribution in [-0.4, -0.2) is 226 Å². The molecule has 5 rings (SSSR count). The average molecular weight is 678 g/mol. The topological polar surface area (TPSA) is 354 Å². The smallest absolute Gasteiger partial charge is 0.187 e. The Kier molecular flexibility index (Phi) is 11.2. The molecule has 0 amide bonds. The summed E-state index contributed by atoms with van der Waals surface area (Å²) in [6, 6.07) is -2.72. The van der Waals surface area contributed by atoms with E-state index in [4.69, 9.17) is 28.4 Å². The Morgan fingerprint density at radius 2 is 1.09 bits per heavy atom. The fraction of sp³-hybridized carbons (Fsp3) is 1.00. The number of ether oxygens (including phenoxy) is 6. The SMILES string of the molecule is OCC1OC(OC2C(O)C(O)C(NC3C(CO)OC(OC4C(CO)OC(O)C(O)C4O)C(O)C3O)C3OC23CO)C(O)C(O)C1O. The van der Waals surface area contributed by atoms with Crippen molar-refractivity contribution in [1.29, 1.82) is 0 Å². The Bertz CT molecular complexity index is 1010. The normalized spacial score (nSPS) is 56.0. The zero-order valence-electron chi connectivity index (χ0n) is 24.1. The molecule has 0 aromatic carbocycles. The minimum absolute atomic E-state index is 0.769. The van der Waals surface area contributed by atoms with Gasteiger partial charge in [-0.05, 0) is 0 Å². The van der Waals surface area contributed by atoms with E-state index in [1.165, 1.54) is 0 Å². The molecule has 21 unspecified atom stereocenters. The van der Waals surface area contributed by atoms with E-state index in [2.05, 4.69) is 5.32 Å².